The average molecular weight is 259 g/mol. The molecule has 0 spiro atoms. The van der Waals surface area contributed by atoms with Gasteiger partial charge < -0.3 is 10.2 Å². The second-order valence-electron chi connectivity index (χ2n) is 4.44. The summed E-state index contributed by atoms with van der Waals surface area (Å²) >= 11 is 0. The molecule has 7 nitrogen and oxygen atoms in total. The van der Waals surface area contributed by atoms with Crippen molar-refractivity contribution in [3.05, 3.63) is 23.7 Å². The number of hydrogen-bond acceptors (Lipinski definition) is 5. The number of urea groups is 1. The van der Waals surface area contributed by atoms with E-state index in [0.717, 1.165) is 25.9 Å². The highest BCUT2D eigenvalue weighted by atomic mass is 16.2. The molecule has 1 aromatic heterocycles. The highest BCUT2D eigenvalue weighted by molar-refractivity contribution is 6.13. The fourth-order valence-electron chi connectivity index (χ4n) is 2.14. The molecule has 0 radical (unpaired) electrons. The van der Waals surface area contributed by atoms with E-state index >= 15 is 0 Å². The van der Waals surface area contributed by atoms with E-state index in [1.807, 2.05) is 0 Å². The monoisotopic (exact) mass is 259 g/mol. The van der Waals surface area contributed by atoms with Crippen LogP contribution >= 0.6 is 0 Å². The van der Waals surface area contributed by atoms with Gasteiger partial charge in [0.25, 0.3) is 5.91 Å². The van der Waals surface area contributed by atoms with Gasteiger partial charge in [-0.1, -0.05) is 0 Å². The maximum atomic E-state index is 11.4. The van der Waals surface area contributed by atoms with Crippen LogP contribution in [-0.2, 0) is 4.79 Å². The number of nitrogens with one attached hydrogen (secondary N) is 2. The van der Waals surface area contributed by atoms with Gasteiger partial charge in [0.1, 0.15) is 5.70 Å². The van der Waals surface area contributed by atoms with E-state index in [0.29, 0.717) is 11.6 Å². The number of aromatic nitrogens is 2. The van der Waals surface area contributed by atoms with Crippen LogP contribution in [0, 0.1) is 0 Å². The first-order valence-electron chi connectivity index (χ1n) is 6.14. The van der Waals surface area contributed by atoms with Crippen LogP contribution in [0.25, 0.3) is 6.08 Å². The van der Waals surface area contributed by atoms with E-state index in [9.17, 15) is 9.59 Å². The molecular weight excluding hydrogens is 246 g/mol. The molecular formula is C12H13N5O2. The van der Waals surface area contributed by atoms with Crippen molar-refractivity contribution in [2.24, 2.45) is 0 Å². The predicted molar refractivity (Wildman–Crippen MR) is 68.1 cm³/mol. The molecule has 7 heteroatoms. The van der Waals surface area contributed by atoms with Gasteiger partial charge in [0.2, 0.25) is 5.95 Å². The molecule has 0 unspecified atom stereocenters. The third kappa shape index (κ3) is 2.40. The van der Waals surface area contributed by atoms with Crippen LogP contribution in [0.2, 0.25) is 0 Å². The van der Waals surface area contributed by atoms with Crippen LogP contribution in [0.3, 0.4) is 0 Å². The summed E-state index contributed by atoms with van der Waals surface area (Å²) in [5, 5.41) is 4.57. The summed E-state index contributed by atoms with van der Waals surface area (Å²) in [7, 11) is 0. The summed E-state index contributed by atoms with van der Waals surface area (Å²) in [5.41, 5.74) is 0.806. The normalized spacial score (nSPS) is 20.8. The Bertz CT molecular complexity index is 563. The molecule has 19 heavy (non-hydrogen) atoms. The van der Waals surface area contributed by atoms with Crippen molar-refractivity contribution in [1.82, 2.24) is 20.6 Å². The highest BCUT2D eigenvalue weighted by Gasteiger charge is 2.23. The summed E-state index contributed by atoms with van der Waals surface area (Å²) in [6.45, 7) is 1.91. The Hall–Kier alpha value is -2.44. The van der Waals surface area contributed by atoms with Crippen molar-refractivity contribution >= 4 is 24.0 Å². The smallest absolute Gasteiger partial charge is 0.326 e. The van der Waals surface area contributed by atoms with Crippen LogP contribution in [0.5, 0.6) is 0 Å². The number of hydrogen-bond donors (Lipinski definition) is 2. The number of nitrogens with zero attached hydrogens (tertiary/aromatic N) is 3. The molecule has 2 aliphatic rings. The lowest BCUT2D eigenvalue weighted by Crippen LogP contribution is -2.22. The Labute approximate surface area is 109 Å². The molecule has 3 heterocycles. The summed E-state index contributed by atoms with van der Waals surface area (Å²) < 4.78 is 0. The Morgan fingerprint density at radius 2 is 2.00 bits per heavy atom. The van der Waals surface area contributed by atoms with Gasteiger partial charge in [-0.2, -0.15) is 0 Å². The lowest BCUT2D eigenvalue weighted by atomic mass is 10.3. The van der Waals surface area contributed by atoms with Crippen LogP contribution in [-0.4, -0.2) is 35.0 Å². The van der Waals surface area contributed by atoms with Gasteiger partial charge in [-0.05, 0) is 25.0 Å². The Morgan fingerprint density at radius 1 is 1.21 bits per heavy atom. The largest absolute Gasteiger partial charge is 0.341 e. The molecule has 3 amide bonds. The molecule has 2 aliphatic heterocycles. The Morgan fingerprint density at radius 3 is 2.68 bits per heavy atom. The van der Waals surface area contributed by atoms with E-state index in [-0.39, 0.29) is 5.70 Å². The second kappa shape index (κ2) is 4.68. The minimum absolute atomic E-state index is 0.205. The molecule has 0 atom stereocenters. The molecule has 98 valence electrons. The fraction of sp³-hybridized carbons (Fsp3) is 0.333. The van der Waals surface area contributed by atoms with Gasteiger partial charge >= 0.3 is 6.03 Å². The van der Waals surface area contributed by atoms with E-state index in [2.05, 4.69) is 25.5 Å². The van der Waals surface area contributed by atoms with Crippen LogP contribution in [0.4, 0.5) is 10.7 Å². The molecule has 0 aromatic carbocycles. The third-order valence-electron chi connectivity index (χ3n) is 3.07. The number of rotatable bonds is 2. The molecule has 1 aromatic rings. The Balaban J connectivity index is 1.85. The maximum absolute atomic E-state index is 11.4. The van der Waals surface area contributed by atoms with Crippen LogP contribution in [0.15, 0.2) is 18.0 Å². The van der Waals surface area contributed by atoms with E-state index < -0.39 is 11.9 Å². The zero-order chi connectivity index (χ0) is 13.2. The minimum Gasteiger partial charge on any atom is -0.341 e. The van der Waals surface area contributed by atoms with E-state index in [1.165, 1.54) is 0 Å². The fourth-order valence-corrected chi connectivity index (χ4v) is 2.14. The van der Waals surface area contributed by atoms with E-state index in [1.54, 1.807) is 18.3 Å². The summed E-state index contributed by atoms with van der Waals surface area (Å²) in [4.78, 5) is 33.1. The number of imide groups is 1. The summed E-state index contributed by atoms with van der Waals surface area (Å²) in [6, 6.07) is 1.19. The summed E-state index contributed by atoms with van der Waals surface area (Å²) in [5.74, 6) is 0.225. The van der Waals surface area contributed by atoms with Crippen LogP contribution < -0.4 is 15.5 Å². The molecule has 2 fully saturated rings. The van der Waals surface area contributed by atoms with Gasteiger partial charge in [-0.15, -0.1) is 0 Å². The number of carbonyl (C=O) groups excluding carboxylic acids is 2. The molecule has 0 aliphatic carbocycles. The Kier molecular flexibility index (Phi) is 2.86. The first-order valence-corrected chi connectivity index (χ1v) is 6.14. The average Bonchev–Trinajstić information content (AvgIpc) is 3.01. The molecule has 0 saturated carbocycles. The highest BCUT2D eigenvalue weighted by Crippen LogP contribution is 2.16. The standard InChI is InChI=1S/C12H13N5O2/c18-10-9(15-12(19)16-10)7-8-3-4-13-11(14-8)17-5-1-2-6-17/h3-4,7H,1-2,5-6H2,(H2,15,16,18,19). The SMILES string of the molecule is O=C1NC(=O)C(=Cc2ccnc(N3CCCC3)n2)N1. The molecule has 2 saturated heterocycles. The lowest BCUT2D eigenvalue weighted by Gasteiger charge is -2.14. The topological polar surface area (TPSA) is 87.2 Å². The molecule has 3 rings (SSSR count). The molecule has 2 N–H and O–H groups in total. The molecule has 0 bridgehead atoms. The first kappa shape index (κ1) is 11.6. The number of anilines is 1. The zero-order valence-electron chi connectivity index (χ0n) is 10.2. The number of amides is 3. The van der Waals surface area contributed by atoms with Gasteiger partial charge in [0.15, 0.2) is 0 Å². The van der Waals surface area contributed by atoms with Gasteiger partial charge in [0, 0.05) is 19.3 Å². The van der Waals surface area contributed by atoms with Crippen molar-refractivity contribution < 1.29 is 9.59 Å². The van der Waals surface area contributed by atoms with E-state index in [4.69, 9.17) is 0 Å². The predicted octanol–water partition coefficient (Wildman–Crippen LogP) is 0.257. The van der Waals surface area contributed by atoms with Crippen molar-refractivity contribution in [1.29, 1.82) is 0 Å². The second-order valence-corrected chi connectivity index (χ2v) is 4.44. The number of carbonyl (C=O) groups is 2. The zero-order valence-corrected chi connectivity index (χ0v) is 10.2. The minimum atomic E-state index is -0.509. The quantitative estimate of drug-likeness (QED) is 0.587. The maximum Gasteiger partial charge on any atom is 0.326 e. The van der Waals surface area contributed by atoms with Crippen molar-refractivity contribution in [3.63, 3.8) is 0 Å². The van der Waals surface area contributed by atoms with Crippen molar-refractivity contribution in [2.75, 3.05) is 18.0 Å². The lowest BCUT2D eigenvalue weighted by molar-refractivity contribution is -0.115. The van der Waals surface area contributed by atoms with Gasteiger partial charge in [-0.3, -0.25) is 10.1 Å². The third-order valence-corrected chi connectivity index (χ3v) is 3.07. The van der Waals surface area contributed by atoms with Crippen molar-refractivity contribution in [3.8, 4) is 0 Å². The first-order chi connectivity index (χ1) is 9.22. The van der Waals surface area contributed by atoms with Crippen LogP contribution in [0.1, 0.15) is 18.5 Å². The summed E-state index contributed by atoms with van der Waals surface area (Å²) in [6.07, 6.45) is 5.49. The van der Waals surface area contributed by atoms with Crippen molar-refractivity contribution in [2.45, 2.75) is 12.8 Å². The van der Waals surface area contributed by atoms with Gasteiger partial charge in [0.05, 0.1) is 5.69 Å². The van der Waals surface area contributed by atoms with Gasteiger partial charge in [-0.25, -0.2) is 14.8 Å².